The van der Waals surface area contributed by atoms with Crippen LogP contribution in [0.2, 0.25) is 0 Å². The van der Waals surface area contributed by atoms with Crippen molar-refractivity contribution < 1.29 is 9.84 Å². The first-order valence-corrected chi connectivity index (χ1v) is 6.47. The van der Waals surface area contributed by atoms with Crippen LogP contribution in [0.4, 0.5) is 5.69 Å². The molecule has 1 aromatic carbocycles. The highest BCUT2D eigenvalue weighted by Crippen LogP contribution is 2.32. The second-order valence-corrected chi connectivity index (χ2v) is 4.49. The van der Waals surface area contributed by atoms with Crippen molar-refractivity contribution in [2.75, 3.05) is 19.5 Å². The maximum atomic E-state index is 9.27. The molecule has 0 aliphatic carbocycles. The van der Waals surface area contributed by atoms with E-state index in [1.165, 1.54) is 0 Å². The number of nitrogen functional groups attached to an aromatic ring is 1. The largest absolute Gasteiger partial charge is 0.495 e. The van der Waals surface area contributed by atoms with E-state index in [2.05, 4.69) is 15.0 Å². The number of nitrogens with zero attached hydrogens (tertiary/aromatic N) is 4. The Morgan fingerprint density at radius 3 is 2.86 bits per heavy atom. The molecule has 3 aromatic rings. The summed E-state index contributed by atoms with van der Waals surface area (Å²) >= 11 is 0. The first-order valence-electron chi connectivity index (χ1n) is 6.47. The molecule has 7 nitrogen and oxygen atoms in total. The number of aromatic nitrogens is 4. The van der Waals surface area contributed by atoms with E-state index in [1.807, 2.05) is 6.07 Å². The summed E-state index contributed by atoms with van der Waals surface area (Å²) in [5, 5.41) is 9.98. The number of ether oxygens (including phenoxy) is 1. The molecule has 2 aromatic heterocycles. The molecule has 0 atom stereocenters. The van der Waals surface area contributed by atoms with Crippen LogP contribution >= 0.6 is 0 Å². The Balaban J connectivity index is 2.28. The summed E-state index contributed by atoms with van der Waals surface area (Å²) in [7, 11) is 1.56. The van der Waals surface area contributed by atoms with E-state index in [1.54, 1.807) is 36.5 Å². The lowest BCUT2D eigenvalue weighted by atomic mass is 10.1. The van der Waals surface area contributed by atoms with Crippen LogP contribution in [0.5, 0.6) is 5.75 Å². The van der Waals surface area contributed by atoms with Crippen LogP contribution in [0.25, 0.3) is 16.9 Å². The molecule has 108 valence electrons. The molecule has 0 aliphatic rings. The molecule has 2 heterocycles. The van der Waals surface area contributed by atoms with Crippen molar-refractivity contribution in [3.05, 3.63) is 36.5 Å². The minimum atomic E-state index is -0.0217. The Bertz CT molecular complexity index is 771. The normalized spacial score (nSPS) is 11.0. The number of nitrogens with two attached hydrogens (primary N) is 1. The van der Waals surface area contributed by atoms with Crippen LogP contribution in [0.15, 0.2) is 30.9 Å². The van der Waals surface area contributed by atoms with Crippen molar-refractivity contribution >= 4 is 16.6 Å². The highest BCUT2D eigenvalue weighted by molar-refractivity contribution is 5.95. The van der Waals surface area contributed by atoms with Crippen molar-refractivity contribution in [2.45, 2.75) is 6.42 Å². The van der Waals surface area contributed by atoms with Gasteiger partial charge < -0.3 is 15.6 Å². The maximum Gasteiger partial charge on any atom is 0.235 e. The van der Waals surface area contributed by atoms with Gasteiger partial charge in [0.2, 0.25) is 5.95 Å². The van der Waals surface area contributed by atoms with E-state index in [4.69, 9.17) is 10.5 Å². The summed E-state index contributed by atoms with van der Waals surface area (Å²) in [6.45, 7) is -0.0217. The van der Waals surface area contributed by atoms with Gasteiger partial charge in [0.1, 0.15) is 12.1 Å². The molecular weight excluding hydrogens is 270 g/mol. The number of aliphatic hydroxyl groups excluding tert-OH is 1. The van der Waals surface area contributed by atoms with Crippen molar-refractivity contribution in [1.82, 2.24) is 19.5 Å². The third-order valence-corrected chi connectivity index (χ3v) is 3.23. The predicted molar refractivity (Wildman–Crippen MR) is 78.4 cm³/mol. The molecule has 0 amide bonds. The number of hydrogen-bond donors (Lipinski definition) is 2. The summed E-state index contributed by atoms with van der Waals surface area (Å²) in [5.41, 5.74) is 7.99. The highest BCUT2D eigenvalue weighted by Gasteiger charge is 2.14. The Labute approximate surface area is 121 Å². The molecule has 7 heteroatoms. The number of methoxy groups -OCH3 is 1. The molecule has 21 heavy (non-hydrogen) atoms. The fourth-order valence-corrected chi connectivity index (χ4v) is 2.25. The molecule has 0 saturated heterocycles. The van der Waals surface area contributed by atoms with Crippen LogP contribution < -0.4 is 10.5 Å². The van der Waals surface area contributed by atoms with Gasteiger partial charge in [-0.15, -0.1) is 0 Å². The molecule has 0 unspecified atom stereocenters. The van der Waals surface area contributed by atoms with Crippen molar-refractivity contribution in [3.63, 3.8) is 0 Å². The molecule has 0 fully saturated rings. The first-order chi connectivity index (χ1) is 10.2. The summed E-state index contributed by atoms with van der Waals surface area (Å²) in [6.07, 6.45) is 5.42. The average molecular weight is 285 g/mol. The molecule has 0 aliphatic heterocycles. The van der Waals surface area contributed by atoms with Crippen LogP contribution in [-0.2, 0) is 6.42 Å². The van der Waals surface area contributed by atoms with Gasteiger partial charge in [-0.1, -0.05) is 0 Å². The van der Waals surface area contributed by atoms with Crippen LogP contribution in [0.3, 0.4) is 0 Å². The van der Waals surface area contributed by atoms with Gasteiger partial charge in [0.05, 0.1) is 24.0 Å². The minimum absolute atomic E-state index is 0.0217. The van der Waals surface area contributed by atoms with Gasteiger partial charge in [0.25, 0.3) is 0 Å². The number of fused-ring (bicyclic) bond motifs is 1. The molecular formula is C14H15N5O2. The van der Waals surface area contributed by atoms with Crippen molar-refractivity contribution in [2.24, 2.45) is 0 Å². The molecule has 0 spiro atoms. The Hall–Kier alpha value is -2.67. The van der Waals surface area contributed by atoms with Crippen LogP contribution in [-0.4, -0.2) is 38.3 Å². The fourth-order valence-electron chi connectivity index (χ4n) is 2.25. The molecule has 0 radical (unpaired) electrons. The van der Waals surface area contributed by atoms with E-state index >= 15 is 0 Å². The van der Waals surface area contributed by atoms with Gasteiger partial charge >= 0.3 is 0 Å². The number of aliphatic hydroxyl groups is 1. The van der Waals surface area contributed by atoms with Crippen molar-refractivity contribution in [3.8, 4) is 11.7 Å². The van der Waals surface area contributed by atoms with E-state index < -0.39 is 0 Å². The van der Waals surface area contributed by atoms with Gasteiger partial charge in [-0.3, -0.25) is 4.57 Å². The Morgan fingerprint density at radius 2 is 2.19 bits per heavy atom. The van der Waals surface area contributed by atoms with Gasteiger partial charge in [-0.2, -0.15) is 0 Å². The second kappa shape index (κ2) is 5.37. The second-order valence-electron chi connectivity index (χ2n) is 4.49. The predicted octanol–water partition coefficient (Wildman–Crippen LogP) is 0.941. The smallest absolute Gasteiger partial charge is 0.235 e. The van der Waals surface area contributed by atoms with Gasteiger partial charge in [-0.05, 0) is 12.1 Å². The van der Waals surface area contributed by atoms with E-state index in [-0.39, 0.29) is 6.61 Å². The molecule has 0 saturated carbocycles. The third kappa shape index (κ3) is 2.27. The topological polar surface area (TPSA) is 99.1 Å². The van der Waals surface area contributed by atoms with E-state index in [0.717, 1.165) is 0 Å². The lowest BCUT2D eigenvalue weighted by Crippen LogP contribution is -2.07. The lowest BCUT2D eigenvalue weighted by Gasteiger charge is -2.12. The Kier molecular flexibility index (Phi) is 3.41. The van der Waals surface area contributed by atoms with Crippen LogP contribution in [0.1, 0.15) is 5.69 Å². The minimum Gasteiger partial charge on any atom is -0.495 e. The standard InChI is InChI=1S/C14H15N5O2/c1-21-11-3-2-9-12(13(11)15)10(4-7-20)18-14(17-9)19-6-5-16-8-19/h2-3,5-6,8,20H,4,7,15H2,1H3. The summed E-state index contributed by atoms with van der Waals surface area (Å²) in [5.74, 6) is 1.06. The molecule has 0 bridgehead atoms. The monoisotopic (exact) mass is 285 g/mol. The molecule has 3 N–H and O–H groups in total. The first kappa shape index (κ1) is 13.3. The van der Waals surface area contributed by atoms with Gasteiger partial charge in [-0.25, -0.2) is 15.0 Å². The number of imidazole rings is 1. The third-order valence-electron chi connectivity index (χ3n) is 3.23. The SMILES string of the molecule is COc1ccc2nc(-n3ccnc3)nc(CCO)c2c1N. The quantitative estimate of drug-likeness (QED) is 0.692. The maximum absolute atomic E-state index is 9.27. The lowest BCUT2D eigenvalue weighted by molar-refractivity contribution is 0.298. The zero-order valence-electron chi connectivity index (χ0n) is 11.5. The highest BCUT2D eigenvalue weighted by atomic mass is 16.5. The van der Waals surface area contributed by atoms with Crippen molar-refractivity contribution in [1.29, 1.82) is 0 Å². The average Bonchev–Trinajstić information content (AvgIpc) is 3.02. The summed E-state index contributed by atoms with van der Waals surface area (Å²) < 4.78 is 6.94. The number of hydrogen-bond acceptors (Lipinski definition) is 6. The number of rotatable bonds is 4. The van der Waals surface area contributed by atoms with E-state index in [9.17, 15) is 5.11 Å². The molecule has 3 rings (SSSR count). The zero-order valence-corrected chi connectivity index (χ0v) is 11.5. The Morgan fingerprint density at radius 1 is 1.33 bits per heavy atom. The summed E-state index contributed by atoms with van der Waals surface area (Å²) in [4.78, 5) is 13.0. The fraction of sp³-hybridized carbons (Fsp3) is 0.214. The number of benzene rings is 1. The van der Waals surface area contributed by atoms with E-state index in [0.29, 0.717) is 40.4 Å². The van der Waals surface area contributed by atoms with Crippen LogP contribution in [0, 0.1) is 0 Å². The van der Waals surface area contributed by atoms with Gasteiger partial charge in [0.15, 0.2) is 0 Å². The zero-order chi connectivity index (χ0) is 14.8. The number of anilines is 1. The summed E-state index contributed by atoms with van der Waals surface area (Å²) in [6, 6.07) is 3.60. The van der Waals surface area contributed by atoms with Gasteiger partial charge in [0, 0.05) is 30.8 Å².